The van der Waals surface area contributed by atoms with Gasteiger partial charge in [0, 0.05) is 16.0 Å². The predicted molar refractivity (Wildman–Crippen MR) is 104 cm³/mol. The van der Waals surface area contributed by atoms with Gasteiger partial charge < -0.3 is 19.3 Å². The first-order valence-corrected chi connectivity index (χ1v) is 9.39. The number of nitrogens with one attached hydrogen (secondary N) is 1. The van der Waals surface area contributed by atoms with Gasteiger partial charge >= 0.3 is 0 Å². The van der Waals surface area contributed by atoms with Crippen molar-refractivity contribution >= 4 is 27.7 Å². The lowest BCUT2D eigenvalue weighted by atomic mass is 9.93. The molecule has 0 aliphatic heterocycles. The summed E-state index contributed by atoms with van der Waals surface area (Å²) in [6.45, 7) is 10.9. The van der Waals surface area contributed by atoms with Gasteiger partial charge in [0.05, 0.1) is 19.6 Å². The summed E-state index contributed by atoms with van der Waals surface area (Å²) >= 11 is 3.50. The number of benzene rings is 1. The number of carbonyl (C=O) groups is 1. The number of rotatable bonds is 7. The van der Waals surface area contributed by atoms with Crippen molar-refractivity contribution in [2.24, 2.45) is 0 Å². The maximum absolute atomic E-state index is 12.4. The first kappa shape index (κ1) is 20.3. The zero-order chi connectivity index (χ0) is 19.3. The largest absolute Gasteiger partial charge is 0.490 e. The van der Waals surface area contributed by atoms with E-state index in [1.54, 1.807) is 6.07 Å². The van der Waals surface area contributed by atoms with E-state index in [1.165, 1.54) is 0 Å². The molecular formula is C19H25BrN2O4. The van der Waals surface area contributed by atoms with Gasteiger partial charge in [-0.2, -0.15) is 0 Å². The summed E-state index contributed by atoms with van der Waals surface area (Å²) in [7, 11) is 0. The number of carbonyl (C=O) groups excluding carboxylic acids is 1. The molecule has 0 fully saturated rings. The van der Waals surface area contributed by atoms with E-state index >= 15 is 0 Å². The Balaban J connectivity index is 2.13. The van der Waals surface area contributed by atoms with E-state index in [0.717, 1.165) is 10.0 Å². The molecule has 26 heavy (non-hydrogen) atoms. The van der Waals surface area contributed by atoms with E-state index in [4.69, 9.17) is 14.0 Å². The fourth-order valence-corrected chi connectivity index (χ4v) is 2.76. The summed E-state index contributed by atoms with van der Waals surface area (Å²) < 4.78 is 17.3. The molecular weight excluding hydrogens is 400 g/mol. The van der Waals surface area contributed by atoms with Crippen LogP contribution in [0.5, 0.6) is 11.5 Å². The molecule has 1 N–H and O–H groups in total. The molecule has 142 valence electrons. The molecule has 1 heterocycles. The molecule has 0 aliphatic carbocycles. The molecule has 1 amide bonds. The molecule has 0 bridgehead atoms. The molecule has 0 unspecified atom stereocenters. The molecule has 0 radical (unpaired) electrons. The van der Waals surface area contributed by atoms with Gasteiger partial charge in [-0.05, 0) is 31.5 Å². The number of hydrogen-bond acceptors (Lipinski definition) is 5. The maximum atomic E-state index is 12.4. The van der Waals surface area contributed by atoms with Crippen LogP contribution in [0.3, 0.4) is 0 Å². The van der Waals surface area contributed by atoms with Crippen molar-refractivity contribution in [3.8, 4) is 11.5 Å². The van der Waals surface area contributed by atoms with E-state index in [-0.39, 0.29) is 17.7 Å². The molecule has 1 aromatic heterocycles. The maximum Gasteiger partial charge on any atom is 0.230 e. The number of hydrogen-bond donors (Lipinski definition) is 1. The van der Waals surface area contributed by atoms with E-state index in [9.17, 15) is 4.79 Å². The lowest BCUT2D eigenvalue weighted by molar-refractivity contribution is -0.115. The standard InChI is InChI=1S/C19H25BrN2O4/c1-6-24-14-8-12(13(20)10-15(14)25-7-2)9-18(23)21-17-11-16(26-22-17)19(3,4)5/h8,10-11H,6-7,9H2,1-5H3,(H,21,22,23). The third-order valence-corrected chi connectivity index (χ3v) is 4.32. The summed E-state index contributed by atoms with van der Waals surface area (Å²) in [5.41, 5.74) is 0.634. The highest BCUT2D eigenvalue weighted by Gasteiger charge is 2.21. The lowest BCUT2D eigenvalue weighted by Gasteiger charge is -2.14. The average Bonchev–Trinajstić information content (AvgIpc) is 3.00. The van der Waals surface area contributed by atoms with Crippen molar-refractivity contribution < 1.29 is 18.8 Å². The number of nitrogens with zero attached hydrogens (tertiary/aromatic N) is 1. The third-order valence-electron chi connectivity index (χ3n) is 3.58. The van der Waals surface area contributed by atoms with Crippen LogP contribution < -0.4 is 14.8 Å². The van der Waals surface area contributed by atoms with Crippen LogP contribution in [0.15, 0.2) is 27.2 Å². The number of ether oxygens (including phenoxy) is 2. The molecule has 2 rings (SSSR count). The number of amides is 1. The van der Waals surface area contributed by atoms with Gasteiger partial charge in [-0.3, -0.25) is 4.79 Å². The van der Waals surface area contributed by atoms with E-state index in [2.05, 4.69) is 26.4 Å². The van der Waals surface area contributed by atoms with Crippen LogP contribution in [-0.2, 0) is 16.6 Å². The number of anilines is 1. The Morgan fingerprint density at radius 2 is 1.77 bits per heavy atom. The predicted octanol–water partition coefficient (Wildman–Crippen LogP) is 4.71. The summed E-state index contributed by atoms with van der Waals surface area (Å²) in [5, 5.41) is 6.67. The van der Waals surface area contributed by atoms with Crippen molar-refractivity contribution in [3.63, 3.8) is 0 Å². The second-order valence-electron chi connectivity index (χ2n) is 6.81. The Hall–Kier alpha value is -2.02. The molecule has 0 aliphatic rings. The Kier molecular flexibility index (Phi) is 6.69. The smallest absolute Gasteiger partial charge is 0.230 e. The van der Waals surface area contributed by atoms with Crippen LogP contribution in [0.4, 0.5) is 5.82 Å². The lowest BCUT2D eigenvalue weighted by Crippen LogP contribution is -2.15. The molecule has 0 atom stereocenters. The van der Waals surface area contributed by atoms with Crippen molar-refractivity contribution in [1.82, 2.24) is 5.16 Å². The zero-order valence-corrected chi connectivity index (χ0v) is 17.4. The van der Waals surface area contributed by atoms with Gasteiger partial charge in [0.2, 0.25) is 5.91 Å². The van der Waals surface area contributed by atoms with Crippen LogP contribution >= 0.6 is 15.9 Å². The van der Waals surface area contributed by atoms with Gasteiger partial charge in [0.1, 0.15) is 5.76 Å². The Morgan fingerprint density at radius 3 is 2.31 bits per heavy atom. The second-order valence-corrected chi connectivity index (χ2v) is 7.66. The molecule has 0 saturated heterocycles. The van der Waals surface area contributed by atoms with Crippen LogP contribution in [0.1, 0.15) is 45.9 Å². The number of aromatic nitrogens is 1. The minimum absolute atomic E-state index is 0.166. The van der Waals surface area contributed by atoms with E-state index in [0.29, 0.717) is 36.3 Å². The highest BCUT2D eigenvalue weighted by atomic mass is 79.9. The van der Waals surface area contributed by atoms with Crippen molar-refractivity contribution in [2.45, 2.75) is 46.5 Å². The zero-order valence-electron chi connectivity index (χ0n) is 15.8. The van der Waals surface area contributed by atoms with Gasteiger partial charge in [0.25, 0.3) is 0 Å². The molecule has 2 aromatic rings. The SMILES string of the molecule is CCOc1cc(Br)c(CC(=O)Nc2cc(C(C)(C)C)on2)cc1OCC. The van der Waals surface area contributed by atoms with Crippen LogP contribution in [-0.4, -0.2) is 24.3 Å². The molecule has 7 heteroatoms. The van der Waals surface area contributed by atoms with Gasteiger partial charge in [-0.25, -0.2) is 0 Å². The van der Waals surface area contributed by atoms with E-state index < -0.39 is 0 Å². The second kappa shape index (κ2) is 8.58. The summed E-state index contributed by atoms with van der Waals surface area (Å²) in [4.78, 5) is 12.4. The first-order chi connectivity index (χ1) is 12.2. The topological polar surface area (TPSA) is 73.6 Å². The number of halogens is 1. The fraction of sp³-hybridized carbons (Fsp3) is 0.474. The van der Waals surface area contributed by atoms with Crippen molar-refractivity contribution in [2.75, 3.05) is 18.5 Å². The average molecular weight is 425 g/mol. The quantitative estimate of drug-likeness (QED) is 0.696. The monoisotopic (exact) mass is 424 g/mol. The molecule has 6 nitrogen and oxygen atoms in total. The van der Waals surface area contributed by atoms with Crippen molar-refractivity contribution in [3.05, 3.63) is 34.0 Å². The third kappa shape index (κ3) is 5.24. The Bertz CT molecular complexity index is 765. The summed E-state index contributed by atoms with van der Waals surface area (Å²) in [6.07, 6.45) is 0.171. The Morgan fingerprint density at radius 1 is 1.15 bits per heavy atom. The highest BCUT2D eigenvalue weighted by Crippen LogP contribution is 2.34. The van der Waals surface area contributed by atoms with Gasteiger partial charge in [0.15, 0.2) is 17.3 Å². The Labute approximate surface area is 162 Å². The van der Waals surface area contributed by atoms with Crippen LogP contribution in [0.25, 0.3) is 0 Å². The normalized spacial score (nSPS) is 11.3. The van der Waals surface area contributed by atoms with Crippen LogP contribution in [0.2, 0.25) is 0 Å². The molecule has 0 spiro atoms. The molecule has 1 aromatic carbocycles. The first-order valence-electron chi connectivity index (χ1n) is 8.59. The van der Waals surface area contributed by atoms with Gasteiger partial charge in [-0.15, -0.1) is 0 Å². The molecule has 0 saturated carbocycles. The van der Waals surface area contributed by atoms with Crippen LogP contribution in [0, 0.1) is 0 Å². The fourth-order valence-electron chi connectivity index (χ4n) is 2.30. The van der Waals surface area contributed by atoms with Gasteiger partial charge in [-0.1, -0.05) is 41.9 Å². The van der Waals surface area contributed by atoms with Crippen molar-refractivity contribution in [1.29, 1.82) is 0 Å². The minimum Gasteiger partial charge on any atom is -0.490 e. The summed E-state index contributed by atoms with van der Waals surface area (Å²) in [5.74, 6) is 2.21. The summed E-state index contributed by atoms with van der Waals surface area (Å²) in [6, 6.07) is 5.39. The minimum atomic E-state index is -0.189. The van der Waals surface area contributed by atoms with E-state index in [1.807, 2.05) is 46.8 Å². The highest BCUT2D eigenvalue weighted by molar-refractivity contribution is 9.10.